The highest BCUT2D eigenvalue weighted by Crippen LogP contribution is 2.60. The van der Waals surface area contributed by atoms with E-state index in [1.165, 1.54) is 60.7 Å². The highest BCUT2D eigenvalue weighted by atomic mass is 16.3. The number of anilines is 3. The van der Waals surface area contributed by atoms with Crippen LogP contribution in [0, 0.1) is 0 Å². The van der Waals surface area contributed by atoms with E-state index in [9.17, 15) is 0 Å². The van der Waals surface area contributed by atoms with Gasteiger partial charge in [-0.05, 0) is 103 Å². The Labute approximate surface area is 377 Å². The highest BCUT2D eigenvalue weighted by molar-refractivity contribution is 6.16. The van der Waals surface area contributed by atoms with Crippen molar-refractivity contribution in [1.82, 2.24) is 0 Å². The van der Waals surface area contributed by atoms with Crippen LogP contribution in [0.25, 0.3) is 76.9 Å². The Bertz CT molecular complexity index is 3730. The third-order valence-electron chi connectivity index (χ3n) is 13.7. The monoisotopic (exact) mass is 827 g/mol. The summed E-state index contributed by atoms with van der Waals surface area (Å²) in [5.41, 5.74) is 16.7. The minimum absolute atomic E-state index is 0.536. The van der Waals surface area contributed by atoms with Crippen LogP contribution in [-0.2, 0) is 5.41 Å². The average Bonchev–Trinajstić information content (AvgIpc) is 3.91. The first-order chi connectivity index (χ1) is 32.3. The lowest BCUT2D eigenvalue weighted by Gasteiger charge is -2.34. The first-order valence-electron chi connectivity index (χ1n) is 22.4. The first-order valence-corrected chi connectivity index (χ1v) is 22.4. The molecule has 0 atom stereocenters. The molecule has 13 rings (SSSR count). The predicted octanol–water partition coefficient (Wildman–Crippen LogP) is 17.1. The first kappa shape index (κ1) is 37.1. The second kappa shape index (κ2) is 14.8. The number of hydrogen-bond acceptors (Lipinski definition) is 2. The molecule has 0 fully saturated rings. The summed E-state index contributed by atoms with van der Waals surface area (Å²) in [6.45, 7) is 0. The summed E-state index contributed by atoms with van der Waals surface area (Å²) in [6, 6.07) is 90.9. The Hall–Kier alpha value is -8.46. The molecule has 2 nitrogen and oxygen atoms in total. The molecule has 1 aliphatic carbocycles. The minimum atomic E-state index is -0.536. The van der Waals surface area contributed by atoms with Crippen molar-refractivity contribution in [3.63, 3.8) is 0 Å². The quantitative estimate of drug-likeness (QED) is 0.159. The van der Waals surface area contributed by atoms with Crippen LogP contribution in [-0.4, -0.2) is 0 Å². The van der Waals surface area contributed by atoms with Gasteiger partial charge in [-0.3, -0.25) is 0 Å². The molecule has 0 amide bonds. The maximum absolute atomic E-state index is 6.61. The van der Waals surface area contributed by atoms with Gasteiger partial charge in [0.1, 0.15) is 11.2 Å². The average molecular weight is 828 g/mol. The van der Waals surface area contributed by atoms with Gasteiger partial charge in [-0.15, -0.1) is 0 Å². The zero-order valence-corrected chi connectivity index (χ0v) is 35.5. The van der Waals surface area contributed by atoms with E-state index < -0.39 is 5.41 Å². The Kier molecular flexibility index (Phi) is 8.47. The Morgan fingerprint density at radius 3 is 1.69 bits per heavy atom. The zero-order chi connectivity index (χ0) is 42.9. The zero-order valence-electron chi connectivity index (χ0n) is 35.5. The van der Waals surface area contributed by atoms with E-state index in [0.717, 1.165) is 55.5 Å². The maximum Gasteiger partial charge on any atom is 0.143 e. The van der Waals surface area contributed by atoms with Crippen molar-refractivity contribution in [2.45, 2.75) is 5.41 Å². The van der Waals surface area contributed by atoms with Gasteiger partial charge in [-0.2, -0.15) is 0 Å². The molecule has 0 radical (unpaired) electrons. The van der Waals surface area contributed by atoms with E-state index in [2.05, 4.69) is 254 Å². The SMILES string of the molecule is c1ccc(C2(c3ccccc3)c3ccccc3-c3c(N(c4ccc(-c5cccc6ccccc56)cc4)c4ccccc4-c4ccc5oc6c7ccccc7ccc6c5c4)cccc32)cc1. The molecule has 1 heterocycles. The molecule has 2 heteroatoms. The van der Waals surface area contributed by atoms with Crippen LogP contribution in [0.1, 0.15) is 22.3 Å². The van der Waals surface area contributed by atoms with Gasteiger partial charge in [0.05, 0.1) is 16.8 Å². The lowest BCUT2D eigenvalue weighted by atomic mass is 9.68. The van der Waals surface area contributed by atoms with E-state index in [-0.39, 0.29) is 0 Å². The van der Waals surface area contributed by atoms with Crippen LogP contribution < -0.4 is 4.90 Å². The molecule has 65 heavy (non-hydrogen) atoms. The topological polar surface area (TPSA) is 16.4 Å². The Morgan fingerprint density at radius 1 is 0.338 bits per heavy atom. The van der Waals surface area contributed by atoms with Crippen molar-refractivity contribution in [3.8, 4) is 33.4 Å². The van der Waals surface area contributed by atoms with Crippen molar-refractivity contribution in [2.75, 3.05) is 4.90 Å². The molecular formula is C63H41NO. The van der Waals surface area contributed by atoms with Crippen molar-refractivity contribution >= 4 is 60.5 Å². The van der Waals surface area contributed by atoms with Crippen molar-refractivity contribution in [3.05, 3.63) is 271 Å². The normalized spacial score (nSPS) is 12.7. The molecule has 0 saturated heterocycles. The summed E-state index contributed by atoms with van der Waals surface area (Å²) >= 11 is 0. The van der Waals surface area contributed by atoms with Crippen LogP contribution in [0.2, 0.25) is 0 Å². The van der Waals surface area contributed by atoms with Gasteiger partial charge in [-0.1, -0.05) is 206 Å². The van der Waals surface area contributed by atoms with Crippen molar-refractivity contribution < 1.29 is 4.42 Å². The van der Waals surface area contributed by atoms with Crippen LogP contribution in [0.3, 0.4) is 0 Å². The molecule has 0 N–H and O–H groups in total. The summed E-state index contributed by atoms with van der Waals surface area (Å²) in [5, 5.41) is 7.01. The maximum atomic E-state index is 6.61. The molecule has 0 unspecified atom stereocenters. The number of benzene rings is 11. The summed E-state index contributed by atoms with van der Waals surface area (Å²) in [5.74, 6) is 0. The molecule has 1 aliphatic rings. The summed E-state index contributed by atoms with van der Waals surface area (Å²) in [6.07, 6.45) is 0. The van der Waals surface area contributed by atoms with Gasteiger partial charge in [-0.25, -0.2) is 0 Å². The van der Waals surface area contributed by atoms with E-state index >= 15 is 0 Å². The molecule has 304 valence electrons. The summed E-state index contributed by atoms with van der Waals surface area (Å²) < 4.78 is 6.61. The molecule has 1 aromatic heterocycles. The van der Waals surface area contributed by atoms with Gasteiger partial charge < -0.3 is 9.32 Å². The number of hydrogen-bond donors (Lipinski definition) is 0. The van der Waals surface area contributed by atoms with E-state index in [0.29, 0.717) is 0 Å². The second-order valence-electron chi connectivity index (χ2n) is 17.1. The van der Waals surface area contributed by atoms with Crippen LogP contribution in [0.4, 0.5) is 17.1 Å². The van der Waals surface area contributed by atoms with Gasteiger partial charge in [0.2, 0.25) is 0 Å². The fourth-order valence-corrected chi connectivity index (χ4v) is 10.9. The number of para-hydroxylation sites is 1. The second-order valence-corrected chi connectivity index (χ2v) is 17.1. The van der Waals surface area contributed by atoms with E-state index in [1.54, 1.807) is 0 Å². The smallest absolute Gasteiger partial charge is 0.143 e. The van der Waals surface area contributed by atoms with Crippen molar-refractivity contribution in [2.24, 2.45) is 0 Å². The Balaban J connectivity index is 1.07. The van der Waals surface area contributed by atoms with Gasteiger partial charge >= 0.3 is 0 Å². The van der Waals surface area contributed by atoms with Gasteiger partial charge in [0.15, 0.2) is 0 Å². The molecule has 0 saturated carbocycles. The highest BCUT2D eigenvalue weighted by Gasteiger charge is 2.47. The van der Waals surface area contributed by atoms with Gasteiger partial charge in [0, 0.05) is 33.0 Å². The fraction of sp³-hybridized carbons (Fsp3) is 0.0159. The third kappa shape index (κ3) is 5.67. The molecular weight excluding hydrogens is 787 g/mol. The molecule has 0 aliphatic heterocycles. The Morgan fingerprint density at radius 2 is 0.908 bits per heavy atom. The van der Waals surface area contributed by atoms with E-state index in [4.69, 9.17) is 4.42 Å². The number of nitrogens with zero attached hydrogens (tertiary/aromatic N) is 1. The minimum Gasteiger partial charge on any atom is -0.455 e. The molecule has 12 aromatic rings. The summed E-state index contributed by atoms with van der Waals surface area (Å²) in [7, 11) is 0. The number of fused-ring (bicyclic) bond motifs is 9. The molecule has 0 bridgehead atoms. The molecule has 0 spiro atoms. The third-order valence-corrected chi connectivity index (χ3v) is 13.7. The number of rotatable bonds is 7. The lowest BCUT2D eigenvalue weighted by Crippen LogP contribution is -2.28. The predicted molar refractivity (Wildman–Crippen MR) is 272 cm³/mol. The lowest BCUT2D eigenvalue weighted by molar-refractivity contribution is 0.672. The van der Waals surface area contributed by atoms with Crippen LogP contribution in [0.15, 0.2) is 253 Å². The van der Waals surface area contributed by atoms with Crippen molar-refractivity contribution in [1.29, 1.82) is 0 Å². The standard InChI is InChI=1S/C63H41NO/c1-3-20-46(21-4-1)63(47-22-5-2-6-23-47)56-29-13-11-27-54(56)61-57(63)30-16-32-59(61)64(48-37-33-44(34-38-48)50-28-15-19-42-17-7-9-24-49(42)50)58-31-14-12-25-51(58)45-36-40-60-55(41-45)53-39-35-43-18-8-10-26-52(43)62(53)65-60/h1-41H. The fourth-order valence-electron chi connectivity index (χ4n) is 10.9. The van der Waals surface area contributed by atoms with E-state index in [1.807, 2.05) is 0 Å². The number of furan rings is 1. The van der Waals surface area contributed by atoms with Gasteiger partial charge in [0.25, 0.3) is 0 Å². The van der Waals surface area contributed by atoms with Crippen LogP contribution >= 0.6 is 0 Å². The summed E-state index contributed by atoms with van der Waals surface area (Å²) in [4.78, 5) is 2.50. The molecule has 11 aromatic carbocycles. The largest absolute Gasteiger partial charge is 0.455 e. The van der Waals surface area contributed by atoms with Crippen LogP contribution in [0.5, 0.6) is 0 Å².